The highest BCUT2D eigenvalue weighted by Gasteiger charge is 2.45. The van der Waals surface area contributed by atoms with Crippen LogP contribution in [0.2, 0.25) is 0 Å². The molecule has 1 aromatic carbocycles. The maximum Gasteiger partial charge on any atom is 0.310 e. The summed E-state index contributed by atoms with van der Waals surface area (Å²) >= 11 is 5.83. The smallest absolute Gasteiger partial charge is 0.310 e. The number of amides is 3. The van der Waals surface area contributed by atoms with Crippen LogP contribution in [0.25, 0.3) is 0 Å². The average Bonchev–Trinajstić information content (AvgIpc) is 3.06. The number of Topliss-reactive ketones (excluding diaryl/α,β-unsaturated/α-hetero) is 2. The SMILES string of the molecule is CC(Cl)CC(=O)NCCC(=O)N1NCCC2CC(C)[C@@H](C(=O)COC(=O)C3CC(=O)c4ccccc4C3)NC(=O)[C@H]21. The molecule has 0 spiro atoms. The van der Waals surface area contributed by atoms with Crippen molar-refractivity contribution in [3.63, 3.8) is 0 Å². The van der Waals surface area contributed by atoms with Gasteiger partial charge in [-0.1, -0.05) is 31.2 Å². The van der Waals surface area contributed by atoms with Gasteiger partial charge >= 0.3 is 5.97 Å². The lowest BCUT2D eigenvalue weighted by molar-refractivity contribution is -0.153. The van der Waals surface area contributed by atoms with Gasteiger partial charge in [-0.25, -0.2) is 5.43 Å². The van der Waals surface area contributed by atoms with Crippen molar-refractivity contribution < 1.29 is 33.5 Å². The molecule has 0 radical (unpaired) electrons. The third kappa shape index (κ3) is 7.51. The number of hydrazine groups is 1. The fourth-order valence-corrected chi connectivity index (χ4v) is 6.11. The molecule has 6 atom stereocenters. The summed E-state index contributed by atoms with van der Waals surface area (Å²) in [4.78, 5) is 76.5. The number of esters is 1. The number of ether oxygens (including phenoxy) is 1. The molecular weight excluding hydrogens is 552 g/mol. The number of ketones is 2. The lowest BCUT2D eigenvalue weighted by atomic mass is 9.83. The molecule has 2 fully saturated rings. The molecule has 11 nitrogen and oxygen atoms in total. The summed E-state index contributed by atoms with van der Waals surface area (Å²) in [6, 6.07) is 5.43. The van der Waals surface area contributed by atoms with Crippen molar-refractivity contribution >= 4 is 46.9 Å². The highest BCUT2D eigenvalue weighted by atomic mass is 35.5. The Balaban J connectivity index is 1.33. The third-order valence-electron chi connectivity index (χ3n) is 7.98. The van der Waals surface area contributed by atoms with Gasteiger partial charge in [0.15, 0.2) is 18.2 Å². The van der Waals surface area contributed by atoms with E-state index in [4.69, 9.17) is 16.3 Å². The molecule has 0 bridgehead atoms. The maximum absolute atomic E-state index is 13.3. The van der Waals surface area contributed by atoms with Crippen molar-refractivity contribution in [3.05, 3.63) is 35.4 Å². The monoisotopic (exact) mass is 588 g/mol. The van der Waals surface area contributed by atoms with Crippen LogP contribution in [0.5, 0.6) is 0 Å². The van der Waals surface area contributed by atoms with Crippen LogP contribution in [0, 0.1) is 17.8 Å². The largest absolute Gasteiger partial charge is 0.457 e. The van der Waals surface area contributed by atoms with Gasteiger partial charge in [-0.05, 0) is 43.6 Å². The molecule has 1 aromatic rings. The zero-order valence-electron chi connectivity index (χ0n) is 23.3. The Morgan fingerprint density at radius 1 is 1.17 bits per heavy atom. The molecule has 3 amide bonds. The van der Waals surface area contributed by atoms with Gasteiger partial charge in [-0.2, -0.15) is 0 Å². The Morgan fingerprint density at radius 3 is 2.68 bits per heavy atom. The summed E-state index contributed by atoms with van der Waals surface area (Å²) in [6.07, 6.45) is 1.67. The molecule has 2 aliphatic heterocycles. The standard InChI is InChI=1S/C29H37ClN4O7/c1-16-11-19-7-10-32-34(25(38)8-9-31-24(37)12-17(2)30)27(19)28(39)33-26(16)23(36)15-41-29(40)20-13-18-5-3-4-6-21(18)22(35)14-20/h3-6,16-17,19-20,26-27,32H,7-15H2,1-2H3,(H,31,37)(H,33,39)/t16?,17?,19?,20?,26-,27-/m0/s1. The fraction of sp³-hybridized carbons (Fsp3) is 0.586. The first-order valence-electron chi connectivity index (χ1n) is 14.1. The van der Waals surface area contributed by atoms with Crippen LogP contribution in [-0.2, 0) is 35.1 Å². The van der Waals surface area contributed by atoms with E-state index in [2.05, 4.69) is 16.1 Å². The molecule has 3 aliphatic rings. The first-order valence-corrected chi connectivity index (χ1v) is 14.6. The second-order valence-corrected chi connectivity index (χ2v) is 12.0. The molecule has 0 saturated carbocycles. The second kappa shape index (κ2) is 13.6. The predicted molar refractivity (Wildman–Crippen MR) is 149 cm³/mol. The number of rotatable bonds is 9. The molecular formula is C29H37ClN4O7. The number of carbonyl (C=O) groups excluding carboxylic acids is 6. The van der Waals surface area contributed by atoms with Crippen molar-refractivity contribution in [2.75, 3.05) is 19.7 Å². The number of hydrogen-bond donors (Lipinski definition) is 3. The number of fused-ring (bicyclic) bond motifs is 2. The average molecular weight is 589 g/mol. The van der Waals surface area contributed by atoms with E-state index < -0.39 is 42.3 Å². The summed E-state index contributed by atoms with van der Waals surface area (Å²) in [6.45, 7) is 3.64. The molecule has 222 valence electrons. The zero-order chi connectivity index (χ0) is 29.7. The van der Waals surface area contributed by atoms with E-state index in [1.807, 2.05) is 13.0 Å². The molecule has 2 heterocycles. The van der Waals surface area contributed by atoms with E-state index in [1.54, 1.807) is 25.1 Å². The minimum Gasteiger partial charge on any atom is -0.457 e. The quantitative estimate of drug-likeness (QED) is 0.289. The fourth-order valence-electron chi connectivity index (χ4n) is 5.97. The van der Waals surface area contributed by atoms with E-state index in [1.165, 1.54) is 5.01 Å². The Morgan fingerprint density at radius 2 is 1.93 bits per heavy atom. The highest BCUT2D eigenvalue weighted by molar-refractivity contribution is 6.21. The Kier molecular flexibility index (Phi) is 10.1. The molecule has 4 unspecified atom stereocenters. The van der Waals surface area contributed by atoms with Crippen LogP contribution in [0.15, 0.2) is 24.3 Å². The minimum atomic E-state index is -0.886. The Labute approximate surface area is 244 Å². The molecule has 3 N–H and O–H groups in total. The van der Waals surface area contributed by atoms with Crippen LogP contribution < -0.4 is 16.1 Å². The molecule has 4 rings (SSSR count). The minimum absolute atomic E-state index is 0.00604. The van der Waals surface area contributed by atoms with E-state index in [0.717, 1.165) is 5.56 Å². The van der Waals surface area contributed by atoms with Crippen LogP contribution in [-0.4, -0.2) is 77.4 Å². The lowest BCUT2D eigenvalue weighted by Gasteiger charge is -2.39. The van der Waals surface area contributed by atoms with Gasteiger partial charge in [0, 0.05) is 43.3 Å². The summed E-state index contributed by atoms with van der Waals surface area (Å²) in [5, 5.41) is 6.44. The summed E-state index contributed by atoms with van der Waals surface area (Å²) in [5.41, 5.74) is 4.39. The first-order chi connectivity index (χ1) is 19.5. The number of hydrogen-bond acceptors (Lipinski definition) is 8. The Hall–Kier alpha value is -3.31. The third-order valence-corrected chi connectivity index (χ3v) is 8.14. The van der Waals surface area contributed by atoms with Crippen LogP contribution in [0.3, 0.4) is 0 Å². The van der Waals surface area contributed by atoms with Crippen molar-refractivity contribution in [1.29, 1.82) is 0 Å². The van der Waals surface area contributed by atoms with Gasteiger partial charge in [0.1, 0.15) is 6.04 Å². The maximum atomic E-state index is 13.3. The summed E-state index contributed by atoms with van der Waals surface area (Å²) < 4.78 is 5.34. The zero-order valence-corrected chi connectivity index (χ0v) is 24.1. The van der Waals surface area contributed by atoms with Crippen molar-refractivity contribution in [1.82, 2.24) is 21.1 Å². The number of halogens is 1. The molecule has 41 heavy (non-hydrogen) atoms. The Bertz CT molecular complexity index is 1210. The van der Waals surface area contributed by atoms with Crippen molar-refractivity contribution in [2.45, 2.75) is 69.8 Å². The second-order valence-electron chi connectivity index (χ2n) is 11.2. The molecule has 12 heteroatoms. The van der Waals surface area contributed by atoms with Crippen LogP contribution >= 0.6 is 11.6 Å². The summed E-state index contributed by atoms with van der Waals surface area (Å²) in [7, 11) is 0. The molecule has 0 aromatic heterocycles. The topological polar surface area (TPSA) is 151 Å². The number of nitrogens with zero attached hydrogens (tertiary/aromatic N) is 1. The van der Waals surface area contributed by atoms with Gasteiger partial charge < -0.3 is 15.4 Å². The number of carbonyl (C=O) groups is 6. The van der Waals surface area contributed by atoms with Gasteiger partial charge in [0.2, 0.25) is 17.7 Å². The van der Waals surface area contributed by atoms with Gasteiger partial charge in [0.05, 0.1) is 12.0 Å². The normalized spacial score (nSPS) is 26.5. The van der Waals surface area contributed by atoms with Gasteiger partial charge in [0.25, 0.3) is 0 Å². The van der Waals surface area contributed by atoms with Crippen molar-refractivity contribution in [2.24, 2.45) is 17.8 Å². The summed E-state index contributed by atoms with van der Waals surface area (Å²) in [5.74, 6) is -3.34. The first kappa shape index (κ1) is 30.6. The highest BCUT2D eigenvalue weighted by Crippen LogP contribution is 2.31. The van der Waals surface area contributed by atoms with Gasteiger partial charge in [-0.15, -0.1) is 11.6 Å². The van der Waals surface area contributed by atoms with E-state index >= 15 is 0 Å². The lowest BCUT2D eigenvalue weighted by Crippen LogP contribution is -2.62. The van der Waals surface area contributed by atoms with E-state index in [9.17, 15) is 28.8 Å². The molecule has 2 saturated heterocycles. The van der Waals surface area contributed by atoms with Crippen molar-refractivity contribution in [3.8, 4) is 0 Å². The predicted octanol–water partition coefficient (Wildman–Crippen LogP) is 1.31. The van der Waals surface area contributed by atoms with E-state index in [0.29, 0.717) is 31.4 Å². The van der Waals surface area contributed by atoms with Crippen LogP contribution in [0.1, 0.15) is 61.9 Å². The number of nitrogens with one attached hydrogen (secondary N) is 3. The number of alkyl halides is 1. The van der Waals surface area contributed by atoms with E-state index in [-0.39, 0.29) is 60.6 Å². The van der Waals surface area contributed by atoms with Gasteiger partial charge in [-0.3, -0.25) is 33.8 Å². The van der Waals surface area contributed by atoms with Crippen LogP contribution in [0.4, 0.5) is 0 Å². The molecule has 1 aliphatic carbocycles. The number of benzene rings is 1.